The lowest BCUT2D eigenvalue weighted by molar-refractivity contribution is 1.50. The fraction of sp³-hybridized carbons (Fsp3) is 1.00. The molecule has 4 heavy (non-hydrogen) atoms. The summed E-state index contributed by atoms with van der Waals surface area (Å²) in [6.07, 6.45) is 0. The average molecular weight is 135 g/mol. The van der Waals surface area contributed by atoms with Crippen LogP contribution in [0.5, 0.6) is 0 Å². The van der Waals surface area contributed by atoms with Crippen LogP contribution >= 0.6 is 17.0 Å². The molecule has 24 valence electrons. The lowest BCUT2D eigenvalue weighted by Crippen LogP contribution is -0.856. The highest BCUT2D eigenvalue weighted by atomic mass is 79.9. The lowest BCUT2D eigenvalue weighted by Gasteiger charge is -1.07. The molecule has 0 rings (SSSR count). The molecule has 0 aliphatic rings. The summed E-state index contributed by atoms with van der Waals surface area (Å²) in [4.78, 5) is 0. The van der Waals surface area contributed by atoms with Crippen molar-refractivity contribution in [2.24, 2.45) is 0 Å². The summed E-state index contributed by atoms with van der Waals surface area (Å²) in [5, 5.41) is 0. The van der Waals surface area contributed by atoms with Gasteiger partial charge in [-0.3, -0.25) is 0 Å². The molecule has 0 unspecified atom stereocenters. The van der Waals surface area contributed by atoms with Gasteiger partial charge >= 0.3 is 0 Å². The molecule has 0 spiro atoms. The van der Waals surface area contributed by atoms with Crippen LogP contribution < -0.4 is 0 Å². The molecule has 0 aliphatic carbocycles. The molecule has 0 aromatic heterocycles. The summed E-state index contributed by atoms with van der Waals surface area (Å²) in [5.74, 6) is 0. The summed E-state index contributed by atoms with van der Waals surface area (Å²) >= 11 is 0. The molecular weight excluding hydrogens is 128 g/mol. The average Bonchev–Trinajstić information content (AvgIpc) is 1.00. The van der Waals surface area contributed by atoms with Crippen molar-refractivity contribution in [1.29, 1.82) is 0 Å². The first-order valence-electron chi connectivity index (χ1n) is 1.00. The normalized spacial score (nSPS) is 1.50. The Hall–Kier alpha value is 1.25. The Kier molecular flexibility index (Phi) is 135. The minimum atomic E-state index is 0. The molecule has 0 nitrogen and oxygen atoms in total. The van der Waals surface area contributed by atoms with E-state index in [1.807, 2.05) is 13.8 Å². The Morgan fingerprint density at radius 1 is 1.00 bits per heavy atom. The molecule has 0 amide bonds. The Morgan fingerprint density at radius 3 is 1.00 bits per heavy atom. The molecule has 0 aromatic carbocycles. The van der Waals surface area contributed by atoms with Crippen LogP contribution in [0.4, 0.5) is 0 Å². The van der Waals surface area contributed by atoms with Crippen LogP contribution in [0.1, 0.15) is 13.8 Å². The first-order valence-corrected chi connectivity index (χ1v) is 1.00. The van der Waals surface area contributed by atoms with E-state index in [-0.39, 0.29) is 40.0 Å². The van der Waals surface area contributed by atoms with E-state index in [9.17, 15) is 0 Å². The minimum absolute atomic E-state index is 0. The molecule has 0 fully saturated rings. The van der Waals surface area contributed by atoms with E-state index in [4.69, 9.17) is 0 Å². The molecule has 0 saturated heterocycles. The first-order chi connectivity index (χ1) is 1.00. The molecule has 0 aliphatic heterocycles. The van der Waals surface area contributed by atoms with E-state index in [0.717, 1.165) is 0 Å². The van der Waals surface area contributed by atoms with Crippen molar-refractivity contribution in [2.75, 3.05) is 0 Å². The standard InChI is InChI=1S/C2H6.BrH.Mg/c1-2;;/h1-2H3;1H;. The van der Waals surface area contributed by atoms with Gasteiger partial charge in [0.1, 0.15) is 0 Å². The second kappa shape index (κ2) is 28.8. The van der Waals surface area contributed by atoms with Crippen LogP contribution in [-0.2, 0) is 0 Å². The molecule has 0 bridgehead atoms. The van der Waals surface area contributed by atoms with Gasteiger partial charge in [0.2, 0.25) is 0 Å². The molecule has 0 heterocycles. The van der Waals surface area contributed by atoms with Crippen molar-refractivity contribution in [3.8, 4) is 0 Å². The third kappa shape index (κ3) is 10.5. The quantitative estimate of drug-likeness (QED) is 0.438. The largest absolute Gasteiger partial charge is 0.114 e. The van der Waals surface area contributed by atoms with Gasteiger partial charge in [-0.1, -0.05) is 13.8 Å². The molecule has 0 atom stereocenters. The summed E-state index contributed by atoms with van der Waals surface area (Å²) in [7, 11) is 0. The van der Waals surface area contributed by atoms with Crippen molar-refractivity contribution in [3.63, 3.8) is 0 Å². The SMILES string of the molecule is Br.CC.[Mg]. The molecule has 0 aromatic rings. The van der Waals surface area contributed by atoms with Crippen molar-refractivity contribution in [1.82, 2.24) is 0 Å². The van der Waals surface area contributed by atoms with Crippen LogP contribution in [0.25, 0.3) is 0 Å². The molecule has 2 radical (unpaired) electrons. The second-order valence-electron chi connectivity index (χ2n) is 0. The van der Waals surface area contributed by atoms with Gasteiger partial charge in [-0.2, -0.15) is 0 Å². The van der Waals surface area contributed by atoms with Gasteiger partial charge in [-0.05, 0) is 0 Å². The van der Waals surface area contributed by atoms with E-state index in [0.29, 0.717) is 0 Å². The fourth-order valence-corrected chi connectivity index (χ4v) is 0. The van der Waals surface area contributed by atoms with Gasteiger partial charge in [-0.15, -0.1) is 17.0 Å². The fourth-order valence-electron chi connectivity index (χ4n) is 0. The Morgan fingerprint density at radius 2 is 1.00 bits per heavy atom. The van der Waals surface area contributed by atoms with Crippen LogP contribution in [0.15, 0.2) is 0 Å². The maximum absolute atomic E-state index is 2.00. The monoisotopic (exact) mass is 134 g/mol. The summed E-state index contributed by atoms with van der Waals surface area (Å²) in [6, 6.07) is 0. The Labute approximate surface area is 53.9 Å². The van der Waals surface area contributed by atoms with Gasteiger partial charge in [-0.25, -0.2) is 0 Å². The van der Waals surface area contributed by atoms with Gasteiger partial charge in [0, 0.05) is 23.1 Å². The minimum Gasteiger partial charge on any atom is -0.114 e. The van der Waals surface area contributed by atoms with Gasteiger partial charge in [0.05, 0.1) is 0 Å². The highest BCUT2D eigenvalue weighted by molar-refractivity contribution is 8.93. The zero-order valence-electron chi connectivity index (χ0n) is 3.12. The van der Waals surface area contributed by atoms with Crippen molar-refractivity contribution in [3.05, 3.63) is 0 Å². The van der Waals surface area contributed by atoms with E-state index < -0.39 is 0 Å². The zero-order chi connectivity index (χ0) is 2.00. The van der Waals surface area contributed by atoms with Gasteiger partial charge in [0.15, 0.2) is 0 Å². The second-order valence-corrected chi connectivity index (χ2v) is 0. The summed E-state index contributed by atoms with van der Waals surface area (Å²) < 4.78 is 0. The van der Waals surface area contributed by atoms with Crippen LogP contribution in [0, 0.1) is 0 Å². The highest BCUT2D eigenvalue weighted by Gasteiger charge is 0.932. The van der Waals surface area contributed by atoms with Gasteiger partial charge in [0.25, 0.3) is 0 Å². The predicted octanol–water partition coefficient (Wildman–Crippen LogP) is 1.22. The van der Waals surface area contributed by atoms with E-state index >= 15 is 0 Å². The van der Waals surface area contributed by atoms with Crippen molar-refractivity contribution in [2.45, 2.75) is 13.8 Å². The number of rotatable bonds is 0. The maximum atomic E-state index is 2.00. The van der Waals surface area contributed by atoms with E-state index in [1.54, 1.807) is 0 Å². The van der Waals surface area contributed by atoms with Crippen molar-refractivity contribution < 1.29 is 0 Å². The van der Waals surface area contributed by atoms with Crippen molar-refractivity contribution >= 4 is 40.0 Å². The predicted molar refractivity (Wildman–Crippen MR) is 27.4 cm³/mol. The van der Waals surface area contributed by atoms with Gasteiger partial charge < -0.3 is 0 Å². The maximum Gasteiger partial charge on any atom is 0 e. The third-order valence-corrected chi connectivity index (χ3v) is 0. The number of hydrogen-bond donors (Lipinski definition) is 0. The Bertz CT molecular complexity index is 6.00. The Balaban J connectivity index is -0.00000000500. The molecule has 0 saturated carbocycles. The third-order valence-electron chi connectivity index (χ3n) is 0. The lowest BCUT2D eigenvalue weighted by atomic mass is 11.0. The molecule has 2 heteroatoms. The first kappa shape index (κ1) is 18.7. The van der Waals surface area contributed by atoms with Crippen LogP contribution in [0.3, 0.4) is 0 Å². The number of hydrogen-bond acceptors (Lipinski definition) is 0. The zero-order valence-corrected chi connectivity index (χ0v) is 6.24. The topological polar surface area (TPSA) is 0 Å². The summed E-state index contributed by atoms with van der Waals surface area (Å²) in [5.41, 5.74) is 0. The van der Waals surface area contributed by atoms with Crippen LogP contribution in [0.2, 0.25) is 0 Å². The van der Waals surface area contributed by atoms with E-state index in [2.05, 4.69) is 0 Å². The summed E-state index contributed by atoms with van der Waals surface area (Å²) in [6.45, 7) is 4.00. The number of halogens is 1. The molecule has 0 N–H and O–H groups in total. The highest BCUT2D eigenvalue weighted by Crippen LogP contribution is 1.14. The molecular formula is C2H7BrMg. The van der Waals surface area contributed by atoms with E-state index in [1.165, 1.54) is 0 Å². The van der Waals surface area contributed by atoms with Crippen LogP contribution in [-0.4, -0.2) is 23.1 Å². The smallest absolute Gasteiger partial charge is 0 e.